The predicted octanol–water partition coefficient (Wildman–Crippen LogP) is 2.34. The number of pyridine rings is 1. The molecular weight excluding hydrogens is 200 g/mol. The minimum atomic E-state index is 0.396. The third-order valence-electron chi connectivity index (χ3n) is 2.10. The van der Waals surface area contributed by atoms with Crippen molar-refractivity contribution in [3.8, 4) is 5.75 Å². The summed E-state index contributed by atoms with van der Waals surface area (Å²) in [5, 5.41) is 0.512. The fourth-order valence-corrected chi connectivity index (χ4v) is 1.45. The summed E-state index contributed by atoms with van der Waals surface area (Å²) in [5.41, 5.74) is 0.893. The maximum atomic E-state index is 5.94. The van der Waals surface area contributed by atoms with Gasteiger partial charge in [0.2, 0.25) is 0 Å². The molecule has 1 aliphatic rings. The van der Waals surface area contributed by atoms with E-state index in [1.807, 2.05) is 25.1 Å². The molecule has 2 rings (SSSR count). The highest BCUT2D eigenvalue weighted by molar-refractivity contribution is 6.32. The summed E-state index contributed by atoms with van der Waals surface area (Å²) in [4.78, 5) is 6.01. The van der Waals surface area contributed by atoms with Crippen molar-refractivity contribution in [3.05, 3.63) is 17.4 Å². The van der Waals surface area contributed by atoms with E-state index in [2.05, 4.69) is 4.98 Å². The molecule has 4 heteroatoms. The van der Waals surface area contributed by atoms with Gasteiger partial charge in [-0.25, -0.2) is 4.98 Å². The minimum absolute atomic E-state index is 0.396. The van der Waals surface area contributed by atoms with Crippen LogP contribution in [0.5, 0.6) is 5.75 Å². The molecule has 3 nitrogen and oxygen atoms in total. The second-order valence-electron chi connectivity index (χ2n) is 3.69. The first kappa shape index (κ1) is 9.59. The fourth-order valence-electron chi connectivity index (χ4n) is 1.17. The third kappa shape index (κ3) is 2.10. The Morgan fingerprint density at radius 3 is 2.79 bits per heavy atom. The van der Waals surface area contributed by atoms with Crippen LogP contribution in [0.1, 0.15) is 12.8 Å². The molecule has 0 aliphatic heterocycles. The fraction of sp³-hybridized carbons (Fsp3) is 0.500. The van der Waals surface area contributed by atoms with Gasteiger partial charge in [0, 0.05) is 20.2 Å². The number of halogens is 1. The normalized spacial score (nSPS) is 15.4. The van der Waals surface area contributed by atoms with Crippen molar-refractivity contribution < 1.29 is 4.74 Å². The minimum Gasteiger partial charge on any atom is -0.489 e. The predicted molar refractivity (Wildman–Crippen MR) is 57.2 cm³/mol. The highest BCUT2D eigenvalue weighted by Gasteiger charge is 2.23. The average molecular weight is 213 g/mol. The van der Waals surface area contributed by atoms with Crippen molar-refractivity contribution in [1.82, 2.24) is 4.98 Å². The SMILES string of the molecule is CN(C)c1cc(OC2CC2)cnc1Cl. The van der Waals surface area contributed by atoms with Crippen molar-refractivity contribution >= 4 is 17.3 Å². The number of hydrogen-bond donors (Lipinski definition) is 0. The first-order chi connectivity index (χ1) is 6.66. The molecule has 76 valence electrons. The molecule has 0 N–H and O–H groups in total. The highest BCUT2D eigenvalue weighted by atomic mass is 35.5. The molecule has 0 spiro atoms. The summed E-state index contributed by atoms with van der Waals surface area (Å²) >= 11 is 5.94. The van der Waals surface area contributed by atoms with Gasteiger partial charge in [-0.2, -0.15) is 0 Å². The van der Waals surface area contributed by atoms with Gasteiger partial charge in [-0.05, 0) is 12.8 Å². The van der Waals surface area contributed by atoms with Gasteiger partial charge in [0.25, 0.3) is 0 Å². The smallest absolute Gasteiger partial charge is 0.152 e. The average Bonchev–Trinajstić information content (AvgIpc) is 2.92. The molecule has 1 aliphatic carbocycles. The van der Waals surface area contributed by atoms with E-state index in [4.69, 9.17) is 16.3 Å². The van der Waals surface area contributed by atoms with Crippen LogP contribution in [-0.4, -0.2) is 25.2 Å². The molecule has 0 atom stereocenters. The number of anilines is 1. The number of rotatable bonds is 3. The molecule has 0 radical (unpaired) electrons. The quantitative estimate of drug-likeness (QED) is 0.720. The van der Waals surface area contributed by atoms with Crippen LogP contribution in [0.2, 0.25) is 5.15 Å². The Labute approximate surface area is 88.6 Å². The molecule has 0 bridgehead atoms. The molecule has 0 unspecified atom stereocenters. The van der Waals surface area contributed by atoms with Crippen molar-refractivity contribution in [1.29, 1.82) is 0 Å². The van der Waals surface area contributed by atoms with Gasteiger partial charge < -0.3 is 9.64 Å². The lowest BCUT2D eigenvalue weighted by Gasteiger charge is -2.14. The second kappa shape index (κ2) is 3.65. The molecule has 0 aromatic carbocycles. The number of hydrogen-bond acceptors (Lipinski definition) is 3. The molecular formula is C10H13ClN2O. The van der Waals surface area contributed by atoms with E-state index in [0.717, 1.165) is 24.3 Å². The van der Waals surface area contributed by atoms with Crippen molar-refractivity contribution in [2.75, 3.05) is 19.0 Å². The van der Waals surface area contributed by atoms with Gasteiger partial charge in [0.15, 0.2) is 5.15 Å². The van der Waals surface area contributed by atoms with Crippen molar-refractivity contribution in [3.63, 3.8) is 0 Å². The topological polar surface area (TPSA) is 25.4 Å². The van der Waals surface area contributed by atoms with Crippen LogP contribution in [0.25, 0.3) is 0 Å². The Bertz CT molecular complexity index is 337. The van der Waals surface area contributed by atoms with Crippen LogP contribution in [0, 0.1) is 0 Å². The number of ether oxygens (including phenoxy) is 1. The summed E-state index contributed by atoms with van der Waals surface area (Å²) in [6.45, 7) is 0. The van der Waals surface area contributed by atoms with Crippen LogP contribution in [0.15, 0.2) is 12.3 Å². The van der Waals surface area contributed by atoms with Crippen LogP contribution in [0.3, 0.4) is 0 Å². The number of aromatic nitrogens is 1. The van der Waals surface area contributed by atoms with Gasteiger partial charge in [-0.15, -0.1) is 0 Å². The van der Waals surface area contributed by atoms with Gasteiger partial charge in [-0.1, -0.05) is 11.6 Å². The standard InChI is InChI=1S/C10H13ClN2O/c1-13(2)9-5-8(6-12-10(9)11)14-7-3-4-7/h5-7H,3-4H2,1-2H3. The van der Waals surface area contributed by atoms with E-state index >= 15 is 0 Å². The zero-order chi connectivity index (χ0) is 10.1. The second-order valence-corrected chi connectivity index (χ2v) is 4.05. The van der Waals surface area contributed by atoms with Crippen molar-refractivity contribution in [2.45, 2.75) is 18.9 Å². The lowest BCUT2D eigenvalue weighted by atomic mass is 10.4. The summed E-state index contributed by atoms with van der Waals surface area (Å²) < 4.78 is 5.62. The Morgan fingerprint density at radius 2 is 2.21 bits per heavy atom. The Morgan fingerprint density at radius 1 is 1.50 bits per heavy atom. The van der Waals surface area contributed by atoms with Crippen LogP contribution in [-0.2, 0) is 0 Å². The molecule has 0 amide bonds. The van der Waals surface area contributed by atoms with E-state index in [1.54, 1.807) is 6.20 Å². The summed E-state index contributed by atoms with van der Waals surface area (Å²) in [7, 11) is 3.87. The van der Waals surface area contributed by atoms with E-state index in [0.29, 0.717) is 11.3 Å². The summed E-state index contributed by atoms with van der Waals surface area (Å²) in [5.74, 6) is 0.806. The lowest BCUT2D eigenvalue weighted by molar-refractivity contribution is 0.302. The van der Waals surface area contributed by atoms with Crippen LogP contribution >= 0.6 is 11.6 Å². The molecule has 1 heterocycles. The Hall–Kier alpha value is -0.960. The van der Waals surface area contributed by atoms with Crippen molar-refractivity contribution in [2.24, 2.45) is 0 Å². The molecule has 14 heavy (non-hydrogen) atoms. The zero-order valence-corrected chi connectivity index (χ0v) is 9.08. The van der Waals surface area contributed by atoms with Crippen LogP contribution < -0.4 is 9.64 Å². The zero-order valence-electron chi connectivity index (χ0n) is 8.33. The van der Waals surface area contributed by atoms with E-state index in [9.17, 15) is 0 Å². The van der Waals surface area contributed by atoms with Crippen LogP contribution in [0.4, 0.5) is 5.69 Å². The van der Waals surface area contributed by atoms with Gasteiger partial charge in [0.1, 0.15) is 5.75 Å². The molecule has 1 fully saturated rings. The van der Waals surface area contributed by atoms with E-state index in [-0.39, 0.29) is 0 Å². The molecule has 0 saturated heterocycles. The third-order valence-corrected chi connectivity index (χ3v) is 2.40. The maximum Gasteiger partial charge on any atom is 0.152 e. The summed E-state index contributed by atoms with van der Waals surface area (Å²) in [6, 6.07) is 1.92. The van der Waals surface area contributed by atoms with Gasteiger partial charge >= 0.3 is 0 Å². The first-order valence-corrected chi connectivity index (χ1v) is 5.04. The Balaban J connectivity index is 2.20. The molecule has 1 aromatic heterocycles. The molecule has 1 saturated carbocycles. The van der Waals surface area contributed by atoms with E-state index in [1.165, 1.54) is 0 Å². The molecule has 1 aromatic rings. The van der Waals surface area contributed by atoms with Gasteiger partial charge in [0.05, 0.1) is 18.0 Å². The number of nitrogens with zero attached hydrogens (tertiary/aromatic N) is 2. The van der Waals surface area contributed by atoms with Gasteiger partial charge in [-0.3, -0.25) is 0 Å². The monoisotopic (exact) mass is 212 g/mol. The first-order valence-electron chi connectivity index (χ1n) is 4.66. The highest BCUT2D eigenvalue weighted by Crippen LogP contribution is 2.30. The lowest BCUT2D eigenvalue weighted by Crippen LogP contribution is -2.10. The summed E-state index contributed by atoms with van der Waals surface area (Å²) in [6.07, 6.45) is 4.38. The van der Waals surface area contributed by atoms with E-state index < -0.39 is 0 Å². The largest absolute Gasteiger partial charge is 0.489 e. The Kier molecular flexibility index (Phi) is 2.50. The maximum absolute atomic E-state index is 5.94.